The van der Waals surface area contributed by atoms with Crippen LogP contribution in [0.3, 0.4) is 0 Å². The standard InChI is InChI=1S/C32H35FN4O3/c1-23-10-16-28(17-11-23)40-29(30-24(2)39-32(34-30)35-31(38)25-7-4-3-5-8-25)9-6-18-36-19-21-37(22-20-36)27-14-12-26(33)13-15-27/h3-5,7-8,10-17,29H,6,9,18-22H2,1-2H3,(H,34,35,38). The second kappa shape index (κ2) is 12.8. The van der Waals surface area contributed by atoms with Gasteiger partial charge in [-0.2, -0.15) is 4.98 Å². The van der Waals surface area contributed by atoms with Gasteiger partial charge in [0.05, 0.1) is 0 Å². The van der Waals surface area contributed by atoms with E-state index in [-0.39, 0.29) is 23.8 Å². The Morgan fingerprint density at radius 1 is 0.975 bits per heavy atom. The number of carbonyl (C=O) groups excluding carboxylic acids is 1. The lowest BCUT2D eigenvalue weighted by molar-refractivity contribution is 0.102. The SMILES string of the molecule is Cc1ccc(OC(CCCN2CCN(c3ccc(F)cc3)CC2)c2nc(NC(=O)c3ccccc3)oc2C)cc1. The Hall–Kier alpha value is -4.17. The van der Waals surface area contributed by atoms with Gasteiger partial charge in [-0.3, -0.25) is 15.0 Å². The van der Waals surface area contributed by atoms with Crippen LogP contribution in [0.15, 0.2) is 83.3 Å². The molecule has 1 N–H and O–H groups in total. The van der Waals surface area contributed by atoms with E-state index in [0.717, 1.165) is 62.6 Å². The van der Waals surface area contributed by atoms with Crippen LogP contribution >= 0.6 is 0 Å². The highest BCUT2D eigenvalue weighted by Crippen LogP contribution is 2.30. The number of aromatic nitrogens is 1. The van der Waals surface area contributed by atoms with Gasteiger partial charge >= 0.3 is 6.01 Å². The fourth-order valence-corrected chi connectivity index (χ4v) is 4.93. The summed E-state index contributed by atoms with van der Waals surface area (Å²) in [4.78, 5) is 22.0. The normalized spacial score (nSPS) is 14.6. The minimum atomic E-state index is -0.325. The molecule has 0 saturated carbocycles. The molecule has 1 aromatic heterocycles. The monoisotopic (exact) mass is 542 g/mol. The van der Waals surface area contributed by atoms with Crippen molar-refractivity contribution in [2.75, 3.05) is 42.9 Å². The van der Waals surface area contributed by atoms with Gasteiger partial charge in [0.15, 0.2) is 0 Å². The summed E-state index contributed by atoms with van der Waals surface area (Å²) in [6, 6.07) is 23.8. The topological polar surface area (TPSA) is 70.8 Å². The minimum Gasteiger partial charge on any atom is -0.484 e. The highest BCUT2D eigenvalue weighted by Gasteiger charge is 2.24. The van der Waals surface area contributed by atoms with E-state index in [4.69, 9.17) is 9.15 Å². The average Bonchev–Trinajstić information content (AvgIpc) is 3.34. The summed E-state index contributed by atoms with van der Waals surface area (Å²) in [6.07, 6.45) is 1.32. The van der Waals surface area contributed by atoms with Crippen molar-refractivity contribution in [3.8, 4) is 5.75 Å². The molecule has 0 spiro atoms. The van der Waals surface area contributed by atoms with Crippen molar-refractivity contribution in [3.05, 3.63) is 107 Å². The third kappa shape index (κ3) is 7.07. The van der Waals surface area contributed by atoms with E-state index < -0.39 is 0 Å². The molecule has 40 heavy (non-hydrogen) atoms. The van der Waals surface area contributed by atoms with Gasteiger partial charge in [0.2, 0.25) is 0 Å². The van der Waals surface area contributed by atoms with E-state index >= 15 is 0 Å². The number of aryl methyl sites for hydroxylation is 2. The maximum absolute atomic E-state index is 13.3. The van der Waals surface area contributed by atoms with Crippen molar-refractivity contribution in [3.63, 3.8) is 0 Å². The van der Waals surface area contributed by atoms with Crippen LogP contribution in [0.5, 0.6) is 5.75 Å². The first-order valence-corrected chi connectivity index (χ1v) is 13.7. The molecule has 1 fully saturated rings. The smallest absolute Gasteiger partial charge is 0.302 e. The summed E-state index contributed by atoms with van der Waals surface area (Å²) in [6.45, 7) is 8.52. The lowest BCUT2D eigenvalue weighted by atomic mass is 10.1. The summed E-state index contributed by atoms with van der Waals surface area (Å²) < 4.78 is 25.5. The number of amides is 1. The van der Waals surface area contributed by atoms with E-state index in [1.165, 1.54) is 12.1 Å². The largest absolute Gasteiger partial charge is 0.484 e. The quantitative estimate of drug-likeness (QED) is 0.250. The number of halogens is 1. The number of anilines is 2. The van der Waals surface area contributed by atoms with Crippen LogP contribution in [0, 0.1) is 19.7 Å². The van der Waals surface area contributed by atoms with Crippen LogP contribution in [0.4, 0.5) is 16.1 Å². The number of carbonyl (C=O) groups is 1. The number of hydrogen-bond donors (Lipinski definition) is 1. The molecule has 2 heterocycles. The molecule has 1 unspecified atom stereocenters. The third-order valence-electron chi connectivity index (χ3n) is 7.20. The second-order valence-electron chi connectivity index (χ2n) is 10.1. The van der Waals surface area contributed by atoms with Crippen LogP contribution < -0.4 is 15.0 Å². The Balaban J connectivity index is 1.21. The Bertz CT molecular complexity index is 1380. The maximum atomic E-state index is 13.3. The van der Waals surface area contributed by atoms with Crippen molar-refractivity contribution in [2.24, 2.45) is 0 Å². The van der Waals surface area contributed by atoms with Gasteiger partial charge in [0.25, 0.3) is 5.91 Å². The second-order valence-corrected chi connectivity index (χ2v) is 10.1. The molecule has 1 amide bonds. The number of rotatable bonds is 10. The van der Waals surface area contributed by atoms with E-state index in [0.29, 0.717) is 17.0 Å². The predicted octanol–water partition coefficient (Wildman–Crippen LogP) is 6.41. The summed E-state index contributed by atoms with van der Waals surface area (Å²) in [7, 11) is 0. The molecule has 8 heteroatoms. The van der Waals surface area contributed by atoms with Gasteiger partial charge in [0, 0.05) is 37.4 Å². The zero-order valence-electron chi connectivity index (χ0n) is 23.0. The number of hydrogen-bond acceptors (Lipinski definition) is 6. The molecule has 1 atom stereocenters. The van der Waals surface area contributed by atoms with E-state index in [1.807, 2.05) is 68.4 Å². The van der Waals surface area contributed by atoms with E-state index in [1.54, 1.807) is 12.1 Å². The number of nitrogens with zero attached hydrogens (tertiary/aromatic N) is 3. The Labute approximate surface area is 234 Å². The fraction of sp³-hybridized carbons (Fsp3) is 0.312. The van der Waals surface area contributed by atoms with Gasteiger partial charge in [-0.1, -0.05) is 35.9 Å². The highest BCUT2D eigenvalue weighted by atomic mass is 19.1. The molecule has 7 nitrogen and oxygen atoms in total. The van der Waals surface area contributed by atoms with Crippen molar-refractivity contribution < 1.29 is 18.3 Å². The highest BCUT2D eigenvalue weighted by molar-refractivity contribution is 6.03. The van der Waals surface area contributed by atoms with E-state index in [9.17, 15) is 9.18 Å². The first kappa shape index (κ1) is 27.4. The molecule has 4 aromatic rings. The van der Waals surface area contributed by atoms with Crippen LogP contribution in [0.1, 0.15) is 46.3 Å². The summed E-state index contributed by atoms with van der Waals surface area (Å²) >= 11 is 0. The van der Waals surface area contributed by atoms with Crippen LogP contribution in [0.2, 0.25) is 0 Å². The Kier molecular flexibility index (Phi) is 8.76. The number of piperazine rings is 1. The summed E-state index contributed by atoms with van der Waals surface area (Å²) in [5.74, 6) is 0.899. The zero-order valence-corrected chi connectivity index (χ0v) is 23.0. The fourth-order valence-electron chi connectivity index (χ4n) is 4.93. The first-order chi connectivity index (χ1) is 19.4. The van der Waals surface area contributed by atoms with Crippen molar-refractivity contribution >= 4 is 17.6 Å². The molecule has 3 aromatic carbocycles. The molecular weight excluding hydrogens is 507 g/mol. The molecule has 1 aliphatic heterocycles. The Morgan fingerprint density at radius 3 is 2.38 bits per heavy atom. The number of ether oxygens (including phenoxy) is 1. The molecule has 5 rings (SSSR count). The van der Waals surface area contributed by atoms with Gasteiger partial charge in [-0.15, -0.1) is 0 Å². The lowest BCUT2D eigenvalue weighted by Gasteiger charge is -2.36. The molecule has 208 valence electrons. The third-order valence-corrected chi connectivity index (χ3v) is 7.20. The average molecular weight is 543 g/mol. The minimum absolute atomic E-state index is 0.163. The first-order valence-electron chi connectivity index (χ1n) is 13.7. The predicted molar refractivity (Wildman–Crippen MR) is 154 cm³/mol. The molecule has 0 aliphatic carbocycles. The number of nitrogens with one attached hydrogen (secondary N) is 1. The van der Waals surface area contributed by atoms with Gasteiger partial charge in [-0.25, -0.2) is 4.39 Å². The number of benzene rings is 3. The molecule has 1 aliphatic rings. The molecular formula is C32H35FN4O3. The van der Waals surface area contributed by atoms with Gasteiger partial charge in [0.1, 0.15) is 29.1 Å². The Morgan fingerprint density at radius 2 is 1.68 bits per heavy atom. The van der Waals surface area contributed by atoms with Gasteiger partial charge < -0.3 is 14.1 Å². The van der Waals surface area contributed by atoms with Gasteiger partial charge in [-0.05, 0) is 81.8 Å². The lowest BCUT2D eigenvalue weighted by Crippen LogP contribution is -2.46. The maximum Gasteiger partial charge on any atom is 0.302 e. The van der Waals surface area contributed by atoms with Crippen LogP contribution in [-0.4, -0.2) is 48.5 Å². The van der Waals surface area contributed by atoms with Crippen LogP contribution in [0.25, 0.3) is 0 Å². The molecule has 1 saturated heterocycles. The van der Waals surface area contributed by atoms with E-state index in [2.05, 4.69) is 20.1 Å². The zero-order chi connectivity index (χ0) is 27.9. The molecule has 0 radical (unpaired) electrons. The van der Waals surface area contributed by atoms with Crippen molar-refractivity contribution in [1.29, 1.82) is 0 Å². The summed E-state index contributed by atoms with van der Waals surface area (Å²) in [5, 5.41) is 2.77. The summed E-state index contributed by atoms with van der Waals surface area (Å²) in [5.41, 5.74) is 3.44. The number of oxazole rings is 1. The van der Waals surface area contributed by atoms with Crippen LogP contribution in [-0.2, 0) is 0 Å². The molecule has 0 bridgehead atoms. The van der Waals surface area contributed by atoms with Crippen molar-refractivity contribution in [2.45, 2.75) is 32.8 Å². The van der Waals surface area contributed by atoms with Crippen molar-refractivity contribution in [1.82, 2.24) is 9.88 Å².